The molecule has 4 atom stereocenters. The molecule has 20 heavy (non-hydrogen) atoms. The number of ether oxygens (including phenoxy) is 1. The van der Waals surface area contributed by atoms with Gasteiger partial charge in [-0.3, -0.25) is 0 Å². The van der Waals surface area contributed by atoms with E-state index in [4.69, 9.17) is 10.5 Å². The van der Waals surface area contributed by atoms with Crippen LogP contribution in [-0.4, -0.2) is 30.8 Å². The highest BCUT2D eigenvalue weighted by molar-refractivity contribution is 5.89. The van der Waals surface area contributed by atoms with Crippen molar-refractivity contribution in [2.75, 3.05) is 11.9 Å². The van der Waals surface area contributed by atoms with E-state index in [0.717, 1.165) is 12.5 Å². The fourth-order valence-corrected chi connectivity index (χ4v) is 2.83. The summed E-state index contributed by atoms with van der Waals surface area (Å²) in [6.45, 7) is 0.648. The lowest BCUT2D eigenvalue weighted by Crippen LogP contribution is -2.69. The number of hydrogen-bond acceptors (Lipinski definition) is 3. The summed E-state index contributed by atoms with van der Waals surface area (Å²) in [5.41, 5.74) is 5.87. The molecule has 2 amide bonds. The van der Waals surface area contributed by atoms with Gasteiger partial charge in [0, 0.05) is 24.6 Å². The quantitative estimate of drug-likeness (QED) is 0.763. The van der Waals surface area contributed by atoms with Crippen molar-refractivity contribution in [1.29, 1.82) is 0 Å². The third-order valence-corrected chi connectivity index (χ3v) is 3.92. The minimum Gasteiger partial charge on any atom is -0.376 e. The van der Waals surface area contributed by atoms with Gasteiger partial charge in [-0.05, 0) is 18.6 Å². The summed E-state index contributed by atoms with van der Waals surface area (Å²) in [4.78, 5) is 11.8. The molecule has 1 aliphatic heterocycles. The predicted octanol–water partition coefficient (Wildman–Crippen LogP) is 1.20. The molecule has 3 rings (SSSR count). The molecule has 1 aliphatic carbocycles. The van der Waals surface area contributed by atoms with E-state index in [0.29, 0.717) is 12.7 Å². The molecule has 2 aliphatic rings. The van der Waals surface area contributed by atoms with Gasteiger partial charge in [0.1, 0.15) is 11.6 Å². The largest absolute Gasteiger partial charge is 0.376 e. The molecule has 1 aromatic carbocycles. The van der Waals surface area contributed by atoms with Crippen LogP contribution in [0.25, 0.3) is 0 Å². The lowest BCUT2D eigenvalue weighted by Gasteiger charge is -2.45. The fraction of sp³-hybridized carbons (Fsp3) is 0.462. The minimum atomic E-state index is -0.826. The molecular weight excluding hydrogens is 268 g/mol. The Kier molecular flexibility index (Phi) is 3.31. The lowest BCUT2D eigenvalue weighted by atomic mass is 9.72. The Morgan fingerprint density at radius 1 is 1.40 bits per heavy atom. The number of nitrogens with one attached hydrogen (secondary N) is 2. The minimum absolute atomic E-state index is 0.0613. The van der Waals surface area contributed by atoms with Gasteiger partial charge < -0.3 is 21.1 Å². The van der Waals surface area contributed by atoms with Crippen LogP contribution >= 0.6 is 0 Å². The highest BCUT2D eigenvalue weighted by atomic mass is 19.1. The molecule has 5 nitrogen and oxygen atoms in total. The van der Waals surface area contributed by atoms with Crippen molar-refractivity contribution >= 4 is 11.7 Å². The van der Waals surface area contributed by atoms with E-state index in [9.17, 15) is 13.6 Å². The molecule has 4 N–H and O–H groups in total. The standard InChI is InChI=1S/C13H15F2N3O2/c14-6-1-2-9(8(15)5-6)17-13(19)18-11-10(16)7-3-4-20-12(7)11/h1-2,5,7,10-12H,3-4,16H2,(H2,17,18,19). The molecular formula is C13H15F2N3O2. The summed E-state index contributed by atoms with van der Waals surface area (Å²) in [6.07, 6.45) is 0.840. The average Bonchev–Trinajstić information content (AvgIpc) is 2.84. The Morgan fingerprint density at radius 2 is 2.20 bits per heavy atom. The molecule has 7 heteroatoms. The first-order valence-corrected chi connectivity index (χ1v) is 6.46. The number of carbonyl (C=O) groups is 1. The summed E-state index contributed by atoms with van der Waals surface area (Å²) in [5.74, 6) is -1.24. The number of nitrogens with two attached hydrogens (primary N) is 1. The predicted molar refractivity (Wildman–Crippen MR) is 68.1 cm³/mol. The second kappa shape index (κ2) is 4.99. The van der Waals surface area contributed by atoms with Crippen LogP contribution in [0.3, 0.4) is 0 Å². The van der Waals surface area contributed by atoms with Crippen molar-refractivity contribution in [2.24, 2.45) is 11.7 Å². The first kappa shape index (κ1) is 13.3. The zero-order valence-corrected chi connectivity index (χ0v) is 10.6. The van der Waals surface area contributed by atoms with Crippen LogP contribution in [0.2, 0.25) is 0 Å². The normalized spacial score (nSPS) is 31.4. The number of anilines is 1. The Labute approximate surface area is 114 Å². The third-order valence-electron chi connectivity index (χ3n) is 3.92. The number of fused-ring (bicyclic) bond motifs is 1. The molecule has 0 aromatic heterocycles. The topological polar surface area (TPSA) is 76.4 Å². The molecule has 1 aromatic rings. The van der Waals surface area contributed by atoms with Crippen LogP contribution in [-0.2, 0) is 4.74 Å². The van der Waals surface area contributed by atoms with E-state index in [2.05, 4.69) is 10.6 Å². The monoisotopic (exact) mass is 283 g/mol. The van der Waals surface area contributed by atoms with Gasteiger partial charge in [0.2, 0.25) is 0 Å². The molecule has 2 fully saturated rings. The Hall–Kier alpha value is -1.73. The SMILES string of the molecule is NC1C2CCOC2C1NC(=O)Nc1ccc(F)cc1F. The maximum atomic E-state index is 13.4. The number of carbonyl (C=O) groups excluding carboxylic acids is 1. The molecule has 0 spiro atoms. The molecule has 4 unspecified atom stereocenters. The van der Waals surface area contributed by atoms with Crippen molar-refractivity contribution in [2.45, 2.75) is 24.6 Å². The van der Waals surface area contributed by atoms with Crippen LogP contribution in [0.1, 0.15) is 6.42 Å². The van der Waals surface area contributed by atoms with Gasteiger partial charge in [0.05, 0.1) is 17.8 Å². The Balaban J connectivity index is 1.60. The van der Waals surface area contributed by atoms with Crippen molar-refractivity contribution in [3.63, 3.8) is 0 Å². The molecule has 1 saturated heterocycles. The summed E-state index contributed by atoms with van der Waals surface area (Å²) >= 11 is 0. The van der Waals surface area contributed by atoms with E-state index < -0.39 is 17.7 Å². The van der Waals surface area contributed by atoms with Gasteiger partial charge in [-0.25, -0.2) is 13.6 Å². The van der Waals surface area contributed by atoms with Gasteiger partial charge in [-0.1, -0.05) is 0 Å². The Bertz CT molecular complexity index is 540. The maximum Gasteiger partial charge on any atom is 0.319 e. The van der Waals surface area contributed by atoms with E-state index in [1.54, 1.807) is 0 Å². The first-order chi connectivity index (χ1) is 9.56. The van der Waals surface area contributed by atoms with Gasteiger partial charge in [-0.2, -0.15) is 0 Å². The summed E-state index contributed by atoms with van der Waals surface area (Å²) in [6, 6.07) is 1.95. The zero-order chi connectivity index (χ0) is 14.3. The number of amides is 2. The number of benzene rings is 1. The van der Waals surface area contributed by atoms with E-state index in [-0.39, 0.29) is 29.8 Å². The van der Waals surface area contributed by atoms with Gasteiger partial charge >= 0.3 is 6.03 Å². The van der Waals surface area contributed by atoms with Crippen LogP contribution in [0.4, 0.5) is 19.3 Å². The van der Waals surface area contributed by atoms with Crippen molar-refractivity contribution in [3.05, 3.63) is 29.8 Å². The van der Waals surface area contributed by atoms with Crippen LogP contribution < -0.4 is 16.4 Å². The van der Waals surface area contributed by atoms with E-state index >= 15 is 0 Å². The van der Waals surface area contributed by atoms with Gasteiger partial charge in [0.25, 0.3) is 0 Å². The van der Waals surface area contributed by atoms with Gasteiger partial charge in [-0.15, -0.1) is 0 Å². The second-order valence-corrected chi connectivity index (χ2v) is 5.11. The summed E-state index contributed by atoms with van der Waals surface area (Å²) in [5, 5.41) is 5.00. The molecule has 108 valence electrons. The van der Waals surface area contributed by atoms with Crippen LogP contribution in [0, 0.1) is 17.6 Å². The molecule has 1 saturated carbocycles. The van der Waals surface area contributed by atoms with E-state index in [1.165, 1.54) is 6.07 Å². The second-order valence-electron chi connectivity index (χ2n) is 5.11. The highest BCUT2D eigenvalue weighted by Crippen LogP contribution is 2.37. The van der Waals surface area contributed by atoms with Crippen LogP contribution in [0.5, 0.6) is 0 Å². The number of halogens is 2. The van der Waals surface area contributed by atoms with Gasteiger partial charge in [0.15, 0.2) is 0 Å². The first-order valence-electron chi connectivity index (χ1n) is 6.46. The van der Waals surface area contributed by atoms with Crippen molar-refractivity contribution < 1.29 is 18.3 Å². The van der Waals surface area contributed by atoms with E-state index in [1.807, 2.05) is 0 Å². The Morgan fingerprint density at radius 3 is 2.95 bits per heavy atom. The molecule has 0 bridgehead atoms. The zero-order valence-electron chi connectivity index (χ0n) is 10.6. The number of urea groups is 1. The number of hydrogen-bond donors (Lipinski definition) is 3. The van der Waals surface area contributed by atoms with Crippen LogP contribution in [0.15, 0.2) is 18.2 Å². The maximum absolute atomic E-state index is 13.4. The molecule has 0 radical (unpaired) electrons. The number of rotatable bonds is 2. The average molecular weight is 283 g/mol. The third kappa shape index (κ3) is 2.23. The van der Waals surface area contributed by atoms with Crippen molar-refractivity contribution in [3.8, 4) is 0 Å². The fourth-order valence-electron chi connectivity index (χ4n) is 2.83. The summed E-state index contributed by atoms with van der Waals surface area (Å²) < 4.78 is 31.6. The highest BCUT2D eigenvalue weighted by Gasteiger charge is 2.52. The lowest BCUT2D eigenvalue weighted by molar-refractivity contribution is -0.0128. The van der Waals surface area contributed by atoms with Crippen molar-refractivity contribution in [1.82, 2.24) is 5.32 Å². The molecule has 1 heterocycles. The smallest absolute Gasteiger partial charge is 0.319 e. The summed E-state index contributed by atoms with van der Waals surface area (Å²) in [7, 11) is 0.